The van der Waals surface area contributed by atoms with E-state index in [0.717, 1.165) is 19.5 Å². The molecule has 1 unspecified atom stereocenters. The molecule has 2 aromatic carbocycles. The predicted octanol–water partition coefficient (Wildman–Crippen LogP) is 1.79. The summed E-state index contributed by atoms with van der Waals surface area (Å²) in [5.74, 6) is -0.212. The fourth-order valence-corrected chi connectivity index (χ4v) is 4.53. The van der Waals surface area contributed by atoms with Gasteiger partial charge in [-0.05, 0) is 48.7 Å². The third-order valence-corrected chi connectivity index (χ3v) is 6.84. The lowest BCUT2D eigenvalue weighted by Gasteiger charge is -2.33. The molecule has 1 heterocycles. The Kier molecular flexibility index (Phi) is 7.60. The molecule has 0 fully saturated rings. The van der Waals surface area contributed by atoms with Crippen LogP contribution in [0, 0.1) is 0 Å². The van der Waals surface area contributed by atoms with E-state index in [1.165, 1.54) is 42.5 Å². The Bertz CT molecular complexity index is 961. The van der Waals surface area contributed by atoms with Crippen molar-refractivity contribution in [2.75, 3.05) is 33.4 Å². The molecular weight excluding hydrogens is 402 g/mol. The molecule has 30 heavy (non-hydrogen) atoms. The van der Waals surface area contributed by atoms with Crippen molar-refractivity contribution < 1.29 is 17.9 Å². The van der Waals surface area contributed by atoms with E-state index < -0.39 is 10.0 Å². The normalized spacial score (nSPS) is 15.4. The summed E-state index contributed by atoms with van der Waals surface area (Å²) in [7, 11) is -2.10. The van der Waals surface area contributed by atoms with Crippen LogP contribution in [0.5, 0.6) is 0 Å². The summed E-state index contributed by atoms with van der Waals surface area (Å²) in [4.78, 5) is 15.0. The molecular formula is C22H29N3O4S. The van der Waals surface area contributed by atoms with Gasteiger partial charge in [0.15, 0.2) is 0 Å². The fourth-order valence-electron chi connectivity index (χ4n) is 3.51. The summed E-state index contributed by atoms with van der Waals surface area (Å²) in [5.41, 5.74) is 3.18. The number of benzene rings is 2. The van der Waals surface area contributed by atoms with Crippen LogP contribution < -0.4 is 10.0 Å². The first kappa shape index (κ1) is 22.4. The number of methoxy groups -OCH3 is 1. The average Bonchev–Trinajstić information content (AvgIpc) is 2.77. The Hall–Kier alpha value is -2.26. The second-order valence-electron chi connectivity index (χ2n) is 7.46. The number of fused-ring (bicyclic) bond motifs is 1. The number of hydrogen-bond acceptors (Lipinski definition) is 5. The number of carbonyl (C=O) groups excluding carboxylic acids is 1. The lowest BCUT2D eigenvalue weighted by atomic mass is 9.99. The van der Waals surface area contributed by atoms with Gasteiger partial charge in [0.2, 0.25) is 10.0 Å². The van der Waals surface area contributed by atoms with E-state index in [1.54, 1.807) is 0 Å². The standard InChI is InChI=1S/C22H29N3O4S/c1-17(25-13-11-18-5-3-4-6-20(18)16-25)15-23-22(26)19-7-9-21(10-8-19)30(27,28)24-12-14-29-2/h3-10,17,24H,11-16H2,1-2H3,(H,23,26). The Morgan fingerprint density at radius 1 is 1.13 bits per heavy atom. The summed E-state index contributed by atoms with van der Waals surface area (Å²) in [6.07, 6.45) is 1.02. The minimum Gasteiger partial charge on any atom is -0.383 e. The van der Waals surface area contributed by atoms with Crippen molar-refractivity contribution in [1.29, 1.82) is 0 Å². The predicted molar refractivity (Wildman–Crippen MR) is 116 cm³/mol. The molecule has 0 bridgehead atoms. The molecule has 0 aromatic heterocycles. The number of amides is 1. The van der Waals surface area contributed by atoms with Crippen LogP contribution in [0.3, 0.4) is 0 Å². The van der Waals surface area contributed by atoms with Crippen molar-refractivity contribution in [3.05, 3.63) is 65.2 Å². The Balaban J connectivity index is 1.52. The van der Waals surface area contributed by atoms with E-state index in [0.29, 0.717) is 18.7 Å². The summed E-state index contributed by atoms with van der Waals surface area (Å²) in [6, 6.07) is 14.6. The van der Waals surface area contributed by atoms with Crippen LogP contribution in [0.15, 0.2) is 53.4 Å². The van der Waals surface area contributed by atoms with Crippen LogP contribution in [-0.4, -0.2) is 58.6 Å². The van der Waals surface area contributed by atoms with E-state index >= 15 is 0 Å². The average molecular weight is 432 g/mol. The first-order chi connectivity index (χ1) is 14.4. The van der Waals surface area contributed by atoms with Crippen molar-refractivity contribution in [1.82, 2.24) is 14.9 Å². The van der Waals surface area contributed by atoms with Gasteiger partial charge in [-0.1, -0.05) is 24.3 Å². The summed E-state index contributed by atoms with van der Waals surface area (Å²) in [5, 5.41) is 2.96. The molecule has 2 aromatic rings. The highest BCUT2D eigenvalue weighted by Gasteiger charge is 2.21. The van der Waals surface area contributed by atoms with Crippen molar-refractivity contribution in [3.8, 4) is 0 Å². The second-order valence-corrected chi connectivity index (χ2v) is 9.23. The molecule has 1 amide bonds. The molecule has 3 rings (SSSR count). The van der Waals surface area contributed by atoms with E-state index in [1.807, 2.05) is 0 Å². The van der Waals surface area contributed by atoms with Crippen LogP contribution in [-0.2, 0) is 27.7 Å². The zero-order valence-corrected chi connectivity index (χ0v) is 18.2. The molecule has 7 nitrogen and oxygen atoms in total. The monoisotopic (exact) mass is 431 g/mol. The number of carbonyl (C=O) groups is 1. The maximum Gasteiger partial charge on any atom is 0.251 e. The topological polar surface area (TPSA) is 87.7 Å². The minimum absolute atomic E-state index is 0.121. The quantitative estimate of drug-likeness (QED) is 0.591. The molecule has 0 radical (unpaired) electrons. The Labute approximate surface area is 178 Å². The first-order valence-corrected chi connectivity index (χ1v) is 11.6. The third kappa shape index (κ3) is 5.66. The zero-order valence-electron chi connectivity index (χ0n) is 17.4. The number of nitrogens with one attached hydrogen (secondary N) is 2. The molecule has 2 N–H and O–H groups in total. The van der Waals surface area contributed by atoms with Gasteiger partial charge in [-0.2, -0.15) is 0 Å². The molecule has 8 heteroatoms. The van der Waals surface area contributed by atoms with Gasteiger partial charge in [0.25, 0.3) is 5.91 Å². The Morgan fingerprint density at radius 2 is 1.83 bits per heavy atom. The molecule has 162 valence electrons. The van der Waals surface area contributed by atoms with Crippen LogP contribution in [0.4, 0.5) is 0 Å². The molecule has 0 saturated heterocycles. The van der Waals surface area contributed by atoms with E-state index in [4.69, 9.17) is 4.74 Å². The van der Waals surface area contributed by atoms with Crippen molar-refractivity contribution >= 4 is 15.9 Å². The fraction of sp³-hybridized carbons (Fsp3) is 0.409. The SMILES string of the molecule is COCCNS(=O)(=O)c1ccc(C(=O)NCC(C)N2CCc3ccccc3C2)cc1. The molecule has 0 spiro atoms. The molecule has 1 aliphatic rings. The highest BCUT2D eigenvalue weighted by molar-refractivity contribution is 7.89. The van der Waals surface area contributed by atoms with E-state index in [-0.39, 0.29) is 23.4 Å². The molecule has 1 aliphatic heterocycles. The van der Waals surface area contributed by atoms with E-state index in [2.05, 4.69) is 46.1 Å². The molecule has 0 aliphatic carbocycles. The molecule has 0 saturated carbocycles. The first-order valence-electron chi connectivity index (χ1n) is 10.1. The maximum absolute atomic E-state index is 12.5. The van der Waals surface area contributed by atoms with Crippen LogP contribution in [0.2, 0.25) is 0 Å². The largest absolute Gasteiger partial charge is 0.383 e. The van der Waals surface area contributed by atoms with Crippen molar-refractivity contribution in [2.45, 2.75) is 30.8 Å². The summed E-state index contributed by atoms with van der Waals surface area (Å²) < 4.78 is 31.7. The smallest absolute Gasteiger partial charge is 0.251 e. The highest BCUT2D eigenvalue weighted by Crippen LogP contribution is 2.20. The molecule has 1 atom stereocenters. The minimum atomic E-state index is -3.61. The van der Waals surface area contributed by atoms with Gasteiger partial charge in [-0.15, -0.1) is 0 Å². The number of hydrogen-bond donors (Lipinski definition) is 2. The lowest BCUT2D eigenvalue weighted by molar-refractivity contribution is 0.0932. The van der Waals surface area contributed by atoms with Gasteiger partial charge in [0, 0.05) is 44.9 Å². The lowest BCUT2D eigenvalue weighted by Crippen LogP contribution is -2.44. The number of sulfonamides is 1. The summed E-state index contributed by atoms with van der Waals surface area (Å²) >= 11 is 0. The van der Waals surface area contributed by atoms with Gasteiger partial charge in [0.1, 0.15) is 0 Å². The highest BCUT2D eigenvalue weighted by atomic mass is 32.2. The van der Waals surface area contributed by atoms with Gasteiger partial charge >= 0.3 is 0 Å². The van der Waals surface area contributed by atoms with Crippen LogP contribution in [0.25, 0.3) is 0 Å². The van der Waals surface area contributed by atoms with Crippen molar-refractivity contribution in [2.24, 2.45) is 0 Å². The van der Waals surface area contributed by atoms with Gasteiger partial charge < -0.3 is 10.1 Å². The van der Waals surface area contributed by atoms with Crippen molar-refractivity contribution in [3.63, 3.8) is 0 Å². The van der Waals surface area contributed by atoms with Crippen LogP contribution in [0.1, 0.15) is 28.4 Å². The van der Waals surface area contributed by atoms with Crippen LogP contribution >= 0.6 is 0 Å². The summed E-state index contributed by atoms with van der Waals surface area (Å²) in [6.45, 7) is 4.97. The van der Waals surface area contributed by atoms with Gasteiger partial charge in [0.05, 0.1) is 11.5 Å². The van der Waals surface area contributed by atoms with Gasteiger partial charge in [-0.3, -0.25) is 9.69 Å². The number of nitrogens with zero attached hydrogens (tertiary/aromatic N) is 1. The maximum atomic E-state index is 12.5. The third-order valence-electron chi connectivity index (χ3n) is 5.37. The number of ether oxygens (including phenoxy) is 1. The Morgan fingerprint density at radius 3 is 2.53 bits per heavy atom. The van der Waals surface area contributed by atoms with Gasteiger partial charge in [-0.25, -0.2) is 13.1 Å². The van der Waals surface area contributed by atoms with E-state index in [9.17, 15) is 13.2 Å². The zero-order chi connectivity index (χ0) is 21.6. The second kappa shape index (κ2) is 10.2. The number of rotatable bonds is 9.